The third kappa shape index (κ3) is 4.65. The Balaban J connectivity index is 1.57. The van der Waals surface area contributed by atoms with Crippen LogP contribution in [0.3, 0.4) is 0 Å². The molecule has 0 radical (unpaired) electrons. The smallest absolute Gasteiger partial charge is 0.255 e. The van der Waals surface area contributed by atoms with Crippen molar-refractivity contribution in [2.45, 2.75) is 31.7 Å². The van der Waals surface area contributed by atoms with Gasteiger partial charge in [0.15, 0.2) is 11.6 Å². The van der Waals surface area contributed by atoms with E-state index in [1.807, 2.05) is 24.3 Å². The molecule has 1 aliphatic heterocycles. The maximum absolute atomic E-state index is 13.0. The Hall–Kier alpha value is -3.10. The number of H-pyrrole nitrogens is 1. The molecule has 2 aromatic heterocycles. The average molecular weight is 440 g/mol. The van der Waals surface area contributed by atoms with Gasteiger partial charge in [-0.1, -0.05) is 23.7 Å². The van der Waals surface area contributed by atoms with Crippen molar-refractivity contribution in [3.05, 3.63) is 74.9 Å². The largest absolute Gasteiger partial charge is 0.381 e. The highest BCUT2D eigenvalue weighted by Crippen LogP contribution is 2.33. The molecular formula is C22H22ClN5O3. The quantitative estimate of drug-likeness (QED) is 0.632. The summed E-state index contributed by atoms with van der Waals surface area (Å²) in [5, 5.41) is 3.78. The van der Waals surface area contributed by atoms with Crippen molar-refractivity contribution in [2.24, 2.45) is 0 Å². The molecule has 0 unspecified atom stereocenters. The molecule has 0 spiro atoms. The number of nitrogens with zero attached hydrogens (tertiary/aromatic N) is 3. The van der Waals surface area contributed by atoms with Gasteiger partial charge in [-0.25, -0.2) is 15.0 Å². The SMILES string of the molecule is Cc1nc(-c2ncccn2)[nH]c(=O)c1CC(=O)NC1(c2ccc(Cl)cc2)CCOCC1. The molecule has 3 aromatic rings. The first-order chi connectivity index (χ1) is 15.0. The van der Waals surface area contributed by atoms with E-state index in [-0.39, 0.29) is 23.7 Å². The fourth-order valence-electron chi connectivity index (χ4n) is 3.79. The van der Waals surface area contributed by atoms with Gasteiger partial charge in [0.2, 0.25) is 5.91 Å². The van der Waals surface area contributed by atoms with Gasteiger partial charge in [0, 0.05) is 41.9 Å². The summed E-state index contributed by atoms with van der Waals surface area (Å²) < 4.78 is 5.51. The third-order valence-electron chi connectivity index (χ3n) is 5.46. The molecule has 0 bridgehead atoms. The summed E-state index contributed by atoms with van der Waals surface area (Å²) in [4.78, 5) is 41.0. The standard InChI is InChI=1S/C22H22ClN5O3/c1-14-17(21(30)27-20(26-14)19-24-9-2-10-25-19)13-18(29)28-22(7-11-31-12-8-22)15-3-5-16(23)6-4-15/h2-6,9-10H,7-8,11-13H2,1H3,(H,28,29)(H,26,27,30). The first-order valence-corrected chi connectivity index (χ1v) is 10.4. The van der Waals surface area contributed by atoms with Crippen molar-refractivity contribution in [3.63, 3.8) is 0 Å². The van der Waals surface area contributed by atoms with E-state index in [9.17, 15) is 9.59 Å². The Morgan fingerprint density at radius 2 is 1.87 bits per heavy atom. The maximum Gasteiger partial charge on any atom is 0.255 e. The number of nitrogens with one attached hydrogen (secondary N) is 2. The first kappa shape index (κ1) is 21.1. The molecule has 2 N–H and O–H groups in total. The molecule has 1 aliphatic rings. The minimum absolute atomic E-state index is 0.0830. The Morgan fingerprint density at radius 1 is 1.19 bits per heavy atom. The molecule has 3 heterocycles. The molecular weight excluding hydrogens is 418 g/mol. The average Bonchev–Trinajstić information content (AvgIpc) is 2.78. The van der Waals surface area contributed by atoms with Crippen LogP contribution in [-0.2, 0) is 21.5 Å². The van der Waals surface area contributed by atoms with E-state index >= 15 is 0 Å². The minimum atomic E-state index is -0.564. The van der Waals surface area contributed by atoms with Gasteiger partial charge in [0.05, 0.1) is 12.0 Å². The molecule has 1 saturated heterocycles. The Kier molecular flexibility index (Phi) is 6.11. The number of benzene rings is 1. The second-order valence-electron chi connectivity index (χ2n) is 7.48. The van der Waals surface area contributed by atoms with Crippen molar-refractivity contribution in [1.82, 2.24) is 25.3 Å². The van der Waals surface area contributed by atoms with Gasteiger partial charge in [-0.2, -0.15) is 0 Å². The molecule has 160 valence electrons. The monoisotopic (exact) mass is 439 g/mol. The van der Waals surface area contributed by atoms with Crippen molar-refractivity contribution < 1.29 is 9.53 Å². The van der Waals surface area contributed by atoms with Crippen LogP contribution in [0.15, 0.2) is 47.5 Å². The van der Waals surface area contributed by atoms with Crippen LogP contribution in [0, 0.1) is 6.92 Å². The predicted molar refractivity (Wildman–Crippen MR) is 116 cm³/mol. The van der Waals surface area contributed by atoms with Gasteiger partial charge in [0.1, 0.15) is 0 Å². The molecule has 4 rings (SSSR count). The second kappa shape index (κ2) is 8.95. The summed E-state index contributed by atoms with van der Waals surface area (Å²) in [7, 11) is 0. The van der Waals surface area contributed by atoms with Crippen LogP contribution in [0.2, 0.25) is 5.02 Å². The van der Waals surface area contributed by atoms with Crippen molar-refractivity contribution in [2.75, 3.05) is 13.2 Å². The minimum Gasteiger partial charge on any atom is -0.381 e. The van der Waals surface area contributed by atoms with Gasteiger partial charge in [-0.3, -0.25) is 9.59 Å². The summed E-state index contributed by atoms with van der Waals surface area (Å²) in [6.07, 6.45) is 4.34. The first-order valence-electron chi connectivity index (χ1n) is 9.99. The van der Waals surface area contributed by atoms with E-state index in [0.717, 1.165) is 5.56 Å². The molecule has 0 saturated carbocycles. The summed E-state index contributed by atoms with van der Waals surface area (Å²) in [6.45, 7) is 2.78. The predicted octanol–water partition coefficient (Wildman–Crippen LogP) is 2.55. The second-order valence-corrected chi connectivity index (χ2v) is 7.91. The van der Waals surface area contributed by atoms with Crippen molar-refractivity contribution in [3.8, 4) is 11.6 Å². The molecule has 1 fully saturated rings. The van der Waals surface area contributed by atoms with Crippen LogP contribution >= 0.6 is 11.6 Å². The molecule has 1 amide bonds. The van der Waals surface area contributed by atoms with E-state index in [2.05, 4.69) is 25.3 Å². The molecule has 9 heteroatoms. The lowest BCUT2D eigenvalue weighted by atomic mass is 9.82. The van der Waals surface area contributed by atoms with Crippen LogP contribution in [-0.4, -0.2) is 39.1 Å². The molecule has 0 atom stereocenters. The lowest BCUT2D eigenvalue weighted by Gasteiger charge is -2.38. The van der Waals surface area contributed by atoms with Crippen LogP contribution in [0.4, 0.5) is 0 Å². The van der Waals surface area contributed by atoms with Crippen molar-refractivity contribution >= 4 is 17.5 Å². The van der Waals surface area contributed by atoms with E-state index in [4.69, 9.17) is 16.3 Å². The normalized spacial score (nSPS) is 15.4. The zero-order valence-electron chi connectivity index (χ0n) is 17.0. The number of ether oxygens (including phenoxy) is 1. The molecule has 31 heavy (non-hydrogen) atoms. The summed E-state index contributed by atoms with van der Waals surface area (Å²) in [5.41, 5.74) is 0.808. The Morgan fingerprint density at radius 3 is 2.52 bits per heavy atom. The fourth-order valence-corrected chi connectivity index (χ4v) is 3.92. The highest BCUT2D eigenvalue weighted by Gasteiger charge is 2.36. The van der Waals surface area contributed by atoms with Crippen LogP contribution in [0.5, 0.6) is 0 Å². The van der Waals surface area contributed by atoms with E-state index < -0.39 is 5.54 Å². The molecule has 8 nitrogen and oxygen atoms in total. The lowest BCUT2D eigenvalue weighted by Crippen LogP contribution is -2.50. The molecule has 1 aromatic carbocycles. The summed E-state index contributed by atoms with van der Waals surface area (Å²) in [5.74, 6) is 0.341. The van der Waals surface area contributed by atoms with Crippen molar-refractivity contribution in [1.29, 1.82) is 0 Å². The van der Waals surface area contributed by atoms with Gasteiger partial charge in [-0.15, -0.1) is 0 Å². The number of rotatable bonds is 5. The van der Waals surface area contributed by atoms with Crippen LogP contribution in [0.1, 0.15) is 29.7 Å². The highest BCUT2D eigenvalue weighted by atomic mass is 35.5. The lowest BCUT2D eigenvalue weighted by molar-refractivity contribution is -0.123. The van der Waals surface area contributed by atoms with E-state index in [1.54, 1.807) is 25.4 Å². The zero-order valence-corrected chi connectivity index (χ0v) is 17.8. The number of hydrogen-bond donors (Lipinski definition) is 2. The zero-order chi connectivity index (χ0) is 21.8. The number of aromatic nitrogens is 4. The number of amides is 1. The van der Waals surface area contributed by atoms with Gasteiger partial charge in [0.25, 0.3) is 5.56 Å². The highest BCUT2D eigenvalue weighted by molar-refractivity contribution is 6.30. The fraction of sp³-hybridized carbons (Fsp3) is 0.318. The van der Waals surface area contributed by atoms with Gasteiger partial charge >= 0.3 is 0 Å². The number of hydrogen-bond acceptors (Lipinski definition) is 6. The van der Waals surface area contributed by atoms with E-state index in [0.29, 0.717) is 48.2 Å². The number of carbonyl (C=O) groups is 1. The van der Waals surface area contributed by atoms with Gasteiger partial charge in [-0.05, 0) is 43.5 Å². The van der Waals surface area contributed by atoms with Crippen LogP contribution in [0.25, 0.3) is 11.6 Å². The van der Waals surface area contributed by atoms with E-state index in [1.165, 1.54) is 0 Å². The van der Waals surface area contributed by atoms with Crippen LogP contribution < -0.4 is 10.9 Å². The maximum atomic E-state index is 13.0. The number of carbonyl (C=O) groups excluding carboxylic acids is 1. The molecule has 0 aliphatic carbocycles. The summed E-state index contributed by atoms with van der Waals surface area (Å²) >= 11 is 6.03. The number of aromatic amines is 1. The number of aryl methyl sites for hydroxylation is 1. The Bertz CT molecular complexity index is 1130. The number of halogens is 1. The Labute approximate surface area is 184 Å². The summed E-state index contributed by atoms with van der Waals surface area (Å²) in [6, 6.07) is 9.14. The topological polar surface area (TPSA) is 110 Å². The third-order valence-corrected chi connectivity index (χ3v) is 5.71. The van der Waals surface area contributed by atoms with Gasteiger partial charge < -0.3 is 15.0 Å².